The highest BCUT2D eigenvalue weighted by Gasteiger charge is 2.51. The standard InChI is InChI=1S/C21H25N3O2S/c1-12-17(20(27-2)23-18(22-12)16-4-3-5-26-16)19(25)24-21-9-13-6-14(10-21)8-15(7-13)11-21/h3-5,13-15H,6-11H2,1-2H3,(H,24,25). The Morgan fingerprint density at radius 1 is 1.19 bits per heavy atom. The first kappa shape index (κ1) is 17.3. The molecule has 4 bridgehead atoms. The van der Waals surface area contributed by atoms with Gasteiger partial charge in [-0.2, -0.15) is 0 Å². The minimum absolute atomic E-state index is 0.00632. The lowest BCUT2D eigenvalue weighted by Crippen LogP contribution is -2.60. The molecule has 6 rings (SSSR count). The highest BCUT2D eigenvalue weighted by atomic mass is 32.2. The number of thioether (sulfide) groups is 1. The monoisotopic (exact) mass is 383 g/mol. The largest absolute Gasteiger partial charge is 0.461 e. The van der Waals surface area contributed by atoms with Crippen LogP contribution in [-0.2, 0) is 0 Å². The molecule has 1 N–H and O–H groups in total. The van der Waals surface area contributed by atoms with E-state index in [9.17, 15) is 4.79 Å². The number of amides is 1. The molecule has 0 aromatic carbocycles. The second kappa shape index (κ2) is 6.36. The quantitative estimate of drug-likeness (QED) is 0.623. The summed E-state index contributed by atoms with van der Waals surface area (Å²) >= 11 is 1.49. The number of nitrogens with zero attached hydrogens (tertiary/aromatic N) is 2. The minimum Gasteiger partial charge on any atom is -0.461 e. The van der Waals surface area contributed by atoms with Crippen LogP contribution in [0.1, 0.15) is 54.6 Å². The summed E-state index contributed by atoms with van der Waals surface area (Å²) in [5.41, 5.74) is 1.32. The van der Waals surface area contributed by atoms with E-state index in [1.54, 1.807) is 6.26 Å². The average Bonchev–Trinajstić information content (AvgIpc) is 3.13. The zero-order valence-electron chi connectivity index (χ0n) is 15.8. The summed E-state index contributed by atoms with van der Waals surface area (Å²) < 4.78 is 5.43. The van der Waals surface area contributed by atoms with Gasteiger partial charge in [0.2, 0.25) is 0 Å². The Balaban J connectivity index is 1.45. The molecule has 0 saturated heterocycles. The van der Waals surface area contributed by atoms with E-state index in [1.165, 1.54) is 31.0 Å². The van der Waals surface area contributed by atoms with Crippen molar-refractivity contribution in [2.75, 3.05) is 6.26 Å². The Morgan fingerprint density at radius 2 is 1.85 bits per heavy atom. The van der Waals surface area contributed by atoms with Crippen LogP contribution >= 0.6 is 11.8 Å². The molecule has 6 heteroatoms. The molecule has 0 spiro atoms. The van der Waals surface area contributed by atoms with Crippen molar-refractivity contribution in [1.29, 1.82) is 0 Å². The van der Waals surface area contributed by atoms with Gasteiger partial charge in [0, 0.05) is 5.54 Å². The maximum atomic E-state index is 13.3. The Kier molecular flexibility index (Phi) is 4.08. The van der Waals surface area contributed by atoms with Gasteiger partial charge in [0.1, 0.15) is 5.03 Å². The van der Waals surface area contributed by atoms with Crippen LogP contribution in [0.25, 0.3) is 11.6 Å². The van der Waals surface area contributed by atoms with Gasteiger partial charge in [-0.15, -0.1) is 11.8 Å². The van der Waals surface area contributed by atoms with Crippen LogP contribution < -0.4 is 5.32 Å². The smallest absolute Gasteiger partial charge is 0.256 e. The molecule has 0 unspecified atom stereocenters. The predicted octanol–water partition coefficient (Wildman–Crippen LogP) is 4.47. The van der Waals surface area contributed by atoms with Gasteiger partial charge < -0.3 is 9.73 Å². The molecule has 0 atom stereocenters. The van der Waals surface area contributed by atoms with Crippen molar-refractivity contribution in [2.45, 2.75) is 56.0 Å². The molecule has 2 aromatic rings. The van der Waals surface area contributed by atoms with Crippen molar-refractivity contribution < 1.29 is 9.21 Å². The van der Waals surface area contributed by atoms with Gasteiger partial charge in [-0.3, -0.25) is 4.79 Å². The van der Waals surface area contributed by atoms with Gasteiger partial charge in [0.25, 0.3) is 5.91 Å². The van der Waals surface area contributed by atoms with Gasteiger partial charge in [-0.25, -0.2) is 9.97 Å². The fourth-order valence-corrected chi connectivity index (χ4v) is 6.66. The first-order valence-electron chi connectivity index (χ1n) is 9.84. The number of carbonyl (C=O) groups is 1. The van der Waals surface area contributed by atoms with Crippen molar-refractivity contribution in [1.82, 2.24) is 15.3 Å². The van der Waals surface area contributed by atoms with Crippen molar-refractivity contribution in [3.63, 3.8) is 0 Å². The van der Waals surface area contributed by atoms with Gasteiger partial charge in [0.15, 0.2) is 11.6 Å². The predicted molar refractivity (Wildman–Crippen MR) is 105 cm³/mol. The van der Waals surface area contributed by atoms with E-state index >= 15 is 0 Å². The lowest BCUT2D eigenvalue weighted by Gasteiger charge is -2.56. The van der Waals surface area contributed by atoms with Crippen LogP contribution in [-0.4, -0.2) is 27.7 Å². The number of hydrogen-bond acceptors (Lipinski definition) is 5. The van der Waals surface area contributed by atoms with Crippen molar-refractivity contribution >= 4 is 17.7 Å². The second-order valence-electron chi connectivity index (χ2n) is 8.65. The van der Waals surface area contributed by atoms with Crippen molar-refractivity contribution in [3.8, 4) is 11.6 Å². The van der Waals surface area contributed by atoms with Crippen LogP contribution in [0.5, 0.6) is 0 Å². The van der Waals surface area contributed by atoms with Crippen LogP contribution in [0.2, 0.25) is 0 Å². The first-order chi connectivity index (χ1) is 13.0. The number of hydrogen-bond donors (Lipinski definition) is 1. The minimum atomic E-state index is -0.00945. The topological polar surface area (TPSA) is 68.0 Å². The second-order valence-corrected chi connectivity index (χ2v) is 9.44. The Bertz CT molecular complexity index is 843. The van der Waals surface area contributed by atoms with Crippen LogP contribution in [0.15, 0.2) is 27.8 Å². The zero-order valence-corrected chi connectivity index (χ0v) is 16.6. The summed E-state index contributed by atoms with van der Waals surface area (Å²) in [6.07, 6.45) is 11.1. The summed E-state index contributed by atoms with van der Waals surface area (Å²) in [7, 11) is 0. The average molecular weight is 384 g/mol. The third-order valence-electron chi connectivity index (χ3n) is 6.64. The number of furan rings is 1. The molecule has 0 radical (unpaired) electrons. The van der Waals surface area contributed by atoms with E-state index < -0.39 is 0 Å². The number of rotatable bonds is 4. The van der Waals surface area contributed by atoms with Gasteiger partial charge in [-0.1, -0.05) is 0 Å². The summed E-state index contributed by atoms with van der Waals surface area (Å²) in [5.74, 6) is 3.56. The number of nitrogens with one attached hydrogen (secondary N) is 1. The third-order valence-corrected chi connectivity index (χ3v) is 7.32. The third kappa shape index (κ3) is 2.98. The van der Waals surface area contributed by atoms with E-state index in [4.69, 9.17) is 4.42 Å². The van der Waals surface area contributed by atoms with Crippen molar-refractivity contribution in [3.05, 3.63) is 29.7 Å². The van der Waals surface area contributed by atoms with Gasteiger partial charge >= 0.3 is 0 Å². The fourth-order valence-electron chi connectivity index (χ4n) is 6.04. The highest BCUT2D eigenvalue weighted by Crippen LogP contribution is 2.55. The molecule has 2 heterocycles. The molecule has 27 heavy (non-hydrogen) atoms. The molecule has 4 fully saturated rings. The maximum Gasteiger partial charge on any atom is 0.256 e. The Hall–Kier alpha value is -1.82. The van der Waals surface area contributed by atoms with E-state index in [1.807, 2.05) is 25.3 Å². The summed E-state index contributed by atoms with van der Waals surface area (Å²) in [4.78, 5) is 22.5. The molecular weight excluding hydrogens is 358 g/mol. The van der Waals surface area contributed by atoms with E-state index in [2.05, 4.69) is 15.3 Å². The number of carbonyl (C=O) groups excluding carboxylic acids is 1. The first-order valence-corrected chi connectivity index (χ1v) is 11.1. The zero-order chi connectivity index (χ0) is 18.6. The molecule has 142 valence electrons. The molecular formula is C21H25N3O2S. The number of aryl methyl sites for hydroxylation is 1. The molecule has 5 nitrogen and oxygen atoms in total. The Morgan fingerprint density at radius 3 is 2.41 bits per heavy atom. The van der Waals surface area contributed by atoms with Crippen molar-refractivity contribution in [2.24, 2.45) is 17.8 Å². The Labute approximate surface area is 163 Å². The SMILES string of the molecule is CSc1nc(-c2ccco2)nc(C)c1C(=O)NC12CC3CC(CC(C3)C1)C2. The summed E-state index contributed by atoms with van der Waals surface area (Å²) in [6.45, 7) is 1.89. The maximum absolute atomic E-state index is 13.3. The molecule has 2 aromatic heterocycles. The van der Waals surface area contributed by atoms with E-state index in [0.717, 1.165) is 42.0 Å². The molecule has 4 saturated carbocycles. The highest BCUT2D eigenvalue weighted by molar-refractivity contribution is 7.98. The molecule has 4 aliphatic rings. The molecule has 4 aliphatic carbocycles. The van der Waals surface area contributed by atoms with Gasteiger partial charge in [-0.05, 0) is 81.6 Å². The van der Waals surface area contributed by atoms with Crippen LogP contribution in [0, 0.1) is 24.7 Å². The molecule has 1 amide bonds. The van der Waals surface area contributed by atoms with Crippen LogP contribution in [0.4, 0.5) is 0 Å². The molecule has 0 aliphatic heterocycles. The summed E-state index contributed by atoms with van der Waals surface area (Å²) in [6, 6.07) is 3.66. The number of aromatic nitrogens is 2. The van der Waals surface area contributed by atoms with Crippen LogP contribution in [0.3, 0.4) is 0 Å². The lowest BCUT2D eigenvalue weighted by atomic mass is 9.53. The van der Waals surface area contributed by atoms with E-state index in [0.29, 0.717) is 22.8 Å². The lowest BCUT2D eigenvalue weighted by molar-refractivity contribution is -0.0167. The fraction of sp³-hybridized carbons (Fsp3) is 0.571. The van der Waals surface area contributed by atoms with Gasteiger partial charge in [0.05, 0.1) is 17.5 Å². The van der Waals surface area contributed by atoms with E-state index in [-0.39, 0.29) is 11.4 Å². The summed E-state index contributed by atoms with van der Waals surface area (Å²) in [5, 5.41) is 4.17. The normalized spacial score (nSPS) is 31.3.